The van der Waals surface area contributed by atoms with Crippen molar-refractivity contribution in [2.45, 2.75) is 25.7 Å². The van der Waals surface area contributed by atoms with Gasteiger partial charge in [-0.25, -0.2) is 9.13 Å². The standard InChI is InChI=1S/C24H20N2O2.Ir/c1-25-15-26(20-13-17-7-3-2-6-16(17)12-19(20)25)18-10-11-23-24(14-18)28-22-9-5-4-8-21(22)27-23;/h4-5,8-9,11-15H,2-3,6-7H2,1H3;. The van der Waals surface area contributed by atoms with Gasteiger partial charge in [-0.3, -0.25) is 0 Å². The van der Waals surface area contributed by atoms with Crippen molar-refractivity contribution in [3.63, 3.8) is 0 Å². The van der Waals surface area contributed by atoms with Gasteiger partial charge in [-0.2, -0.15) is 0 Å². The van der Waals surface area contributed by atoms with Gasteiger partial charge in [0, 0.05) is 45.0 Å². The molecular formula is C24H20IrN2O2. The summed E-state index contributed by atoms with van der Waals surface area (Å²) >= 11 is 0. The Hall–Kier alpha value is -2.62. The van der Waals surface area contributed by atoms with Crippen LogP contribution in [0.4, 0.5) is 0 Å². The summed E-state index contributed by atoms with van der Waals surface area (Å²) in [6, 6.07) is 19.7. The molecule has 0 atom stereocenters. The van der Waals surface area contributed by atoms with Gasteiger partial charge in [0.25, 0.3) is 0 Å². The summed E-state index contributed by atoms with van der Waals surface area (Å²) in [5.74, 6) is 2.89. The largest absolute Gasteiger partial charge is 0.510 e. The summed E-state index contributed by atoms with van der Waals surface area (Å²) in [7, 11) is 2.10. The van der Waals surface area contributed by atoms with Crippen LogP contribution in [0.5, 0.6) is 23.0 Å². The molecule has 29 heavy (non-hydrogen) atoms. The van der Waals surface area contributed by atoms with Crippen molar-refractivity contribution >= 4 is 11.0 Å². The summed E-state index contributed by atoms with van der Waals surface area (Å²) in [4.78, 5) is 0. The zero-order valence-corrected chi connectivity index (χ0v) is 18.5. The van der Waals surface area contributed by atoms with E-state index in [0.717, 1.165) is 22.9 Å². The van der Waals surface area contributed by atoms with E-state index in [0.29, 0.717) is 5.75 Å². The zero-order chi connectivity index (χ0) is 18.7. The molecule has 1 aromatic heterocycles. The molecule has 0 unspecified atom stereocenters. The Morgan fingerprint density at radius 2 is 1.52 bits per heavy atom. The minimum absolute atomic E-state index is 0. The number of para-hydroxylation sites is 2. The minimum Gasteiger partial charge on any atom is -0.510 e. The summed E-state index contributed by atoms with van der Waals surface area (Å²) in [6.07, 6.45) is 7.04. The Morgan fingerprint density at radius 3 is 2.24 bits per heavy atom. The monoisotopic (exact) mass is 561 g/mol. The van der Waals surface area contributed by atoms with E-state index in [2.05, 4.69) is 40.7 Å². The molecule has 0 bridgehead atoms. The smallest absolute Gasteiger partial charge is 0.189 e. The topological polar surface area (TPSA) is 28.3 Å². The zero-order valence-electron chi connectivity index (χ0n) is 16.1. The number of ether oxygens (including phenoxy) is 2. The Bertz CT molecular complexity index is 1250. The first-order valence-corrected chi connectivity index (χ1v) is 9.79. The molecule has 0 fully saturated rings. The van der Waals surface area contributed by atoms with Gasteiger partial charge < -0.3 is 9.47 Å². The van der Waals surface area contributed by atoms with Crippen molar-refractivity contribution in [1.29, 1.82) is 0 Å². The first-order chi connectivity index (χ1) is 13.8. The second kappa shape index (κ2) is 7.01. The normalized spacial score (nSPS) is 14.1. The quantitative estimate of drug-likeness (QED) is 0.242. The van der Waals surface area contributed by atoms with E-state index in [1.165, 1.54) is 47.8 Å². The van der Waals surface area contributed by atoms with Gasteiger partial charge in [0.1, 0.15) is 0 Å². The Balaban J connectivity index is 0.00000181. The fourth-order valence-electron chi connectivity index (χ4n) is 4.33. The van der Waals surface area contributed by atoms with E-state index < -0.39 is 0 Å². The fraction of sp³-hybridized carbons (Fsp3) is 0.208. The third-order valence-electron chi connectivity index (χ3n) is 5.78. The molecule has 3 aromatic carbocycles. The third kappa shape index (κ3) is 2.97. The SMILES string of the molecule is Cn1[cH+]n(-c2[c-]cc3c(c2)Oc2ccccc2O3)c2cc3c(cc21)CCCC3.[Ir]. The van der Waals surface area contributed by atoms with Gasteiger partial charge in [0.15, 0.2) is 28.9 Å². The van der Waals surface area contributed by atoms with Crippen LogP contribution in [0.3, 0.4) is 0 Å². The van der Waals surface area contributed by atoms with Crippen molar-refractivity contribution in [3.8, 4) is 28.7 Å². The number of aryl methyl sites for hydroxylation is 3. The number of rotatable bonds is 1. The minimum atomic E-state index is 0. The van der Waals surface area contributed by atoms with E-state index in [9.17, 15) is 0 Å². The fourth-order valence-corrected chi connectivity index (χ4v) is 4.33. The maximum Gasteiger partial charge on any atom is 0.189 e. The molecule has 1 aliphatic heterocycles. The third-order valence-corrected chi connectivity index (χ3v) is 5.78. The predicted octanol–water partition coefficient (Wildman–Crippen LogP) is 5.82. The second-order valence-electron chi connectivity index (χ2n) is 7.61. The summed E-state index contributed by atoms with van der Waals surface area (Å²) in [6.45, 7) is 0. The van der Waals surface area contributed by atoms with Crippen LogP contribution in [0.1, 0.15) is 24.0 Å². The molecule has 0 spiro atoms. The molecule has 0 amide bonds. The molecule has 2 heterocycles. The van der Waals surface area contributed by atoms with Crippen LogP contribution in [0.25, 0.3) is 16.7 Å². The first-order valence-electron chi connectivity index (χ1n) is 9.79. The number of hydrogen-bond acceptors (Lipinski definition) is 2. The second-order valence-corrected chi connectivity index (χ2v) is 7.61. The van der Waals surface area contributed by atoms with E-state index in [1.807, 2.05) is 36.4 Å². The van der Waals surface area contributed by atoms with Gasteiger partial charge in [0.2, 0.25) is 0 Å². The van der Waals surface area contributed by atoms with Crippen molar-refractivity contribution in [1.82, 2.24) is 9.13 Å². The molecule has 5 heteroatoms. The van der Waals surface area contributed by atoms with Gasteiger partial charge in [-0.05, 0) is 48.9 Å². The summed E-state index contributed by atoms with van der Waals surface area (Å²) < 4.78 is 16.4. The average molecular weight is 561 g/mol. The average Bonchev–Trinajstić information content (AvgIpc) is 3.06. The number of benzene rings is 3. The van der Waals surface area contributed by atoms with Gasteiger partial charge >= 0.3 is 0 Å². The van der Waals surface area contributed by atoms with E-state index >= 15 is 0 Å². The number of aromatic nitrogens is 2. The van der Waals surface area contributed by atoms with Gasteiger partial charge in [-0.1, -0.05) is 18.2 Å². The van der Waals surface area contributed by atoms with Crippen molar-refractivity contribution in [3.05, 3.63) is 72.1 Å². The van der Waals surface area contributed by atoms with Crippen LogP contribution < -0.4 is 9.47 Å². The molecule has 1 aliphatic carbocycles. The summed E-state index contributed by atoms with van der Waals surface area (Å²) in [5.41, 5.74) is 6.37. The van der Waals surface area contributed by atoms with E-state index in [-0.39, 0.29) is 20.1 Å². The summed E-state index contributed by atoms with van der Waals surface area (Å²) in [5, 5.41) is 0. The maximum absolute atomic E-state index is 6.08. The number of imidazole rings is 1. The van der Waals surface area contributed by atoms with Crippen molar-refractivity contribution in [2.24, 2.45) is 7.05 Å². The maximum atomic E-state index is 6.08. The molecule has 4 aromatic rings. The van der Waals surface area contributed by atoms with Crippen LogP contribution in [0.2, 0.25) is 0 Å². The molecule has 147 valence electrons. The molecular weight excluding hydrogens is 540 g/mol. The van der Waals surface area contributed by atoms with E-state index in [1.54, 1.807) is 0 Å². The van der Waals surface area contributed by atoms with Gasteiger partial charge in [0.05, 0.1) is 11.5 Å². The molecule has 6 rings (SSSR count). The van der Waals surface area contributed by atoms with Crippen molar-refractivity contribution in [2.75, 3.05) is 0 Å². The number of fused-ring (bicyclic) bond motifs is 4. The Kier molecular flexibility index (Phi) is 4.45. The Labute approximate surface area is 183 Å². The predicted molar refractivity (Wildman–Crippen MR) is 109 cm³/mol. The van der Waals surface area contributed by atoms with Crippen LogP contribution in [-0.4, -0.2) is 9.13 Å². The molecule has 1 radical (unpaired) electrons. The van der Waals surface area contributed by atoms with E-state index in [4.69, 9.17) is 9.47 Å². The van der Waals surface area contributed by atoms with Crippen LogP contribution in [0.15, 0.2) is 54.9 Å². The molecule has 0 saturated heterocycles. The van der Waals surface area contributed by atoms with Gasteiger partial charge in [-0.15, -0.1) is 12.1 Å². The first kappa shape index (κ1) is 18.4. The van der Waals surface area contributed by atoms with Crippen LogP contribution in [-0.2, 0) is 40.0 Å². The Morgan fingerprint density at radius 1 is 0.862 bits per heavy atom. The molecule has 0 N–H and O–H groups in total. The molecule has 4 nitrogen and oxygen atoms in total. The molecule has 2 aliphatic rings. The number of hydrogen-bond donors (Lipinski definition) is 0. The number of nitrogens with zero attached hydrogens (tertiary/aromatic N) is 2. The van der Waals surface area contributed by atoms with Crippen LogP contribution in [0, 0.1) is 6.07 Å². The van der Waals surface area contributed by atoms with Crippen LogP contribution >= 0.6 is 0 Å². The van der Waals surface area contributed by atoms with Crippen molar-refractivity contribution < 1.29 is 29.6 Å². The molecule has 0 saturated carbocycles.